The van der Waals surface area contributed by atoms with E-state index in [0.717, 1.165) is 5.56 Å². The summed E-state index contributed by atoms with van der Waals surface area (Å²) in [5.41, 5.74) is 1.35. The number of rotatable bonds is 7. The molecule has 1 aromatic carbocycles. The largest absolute Gasteiger partial charge is 0.508 e. The van der Waals surface area contributed by atoms with E-state index in [4.69, 9.17) is 4.74 Å². The monoisotopic (exact) mass is 526 g/mol. The molecule has 2 heterocycles. The average Bonchev–Trinajstić information content (AvgIpc) is 2.87. The number of hydrogen-bond acceptors (Lipinski definition) is 8. The van der Waals surface area contributed by atoms with Gasteiger partial charge in [0.2, 0.25) is 5.91 Å². The van der Waals surface area contributed by atoms with Gasteiger partial charge in [-0.2, -0.15) is 0 Å². The van der Waals surface area contributed by atoms with Gasteiger partial charge in [0.25, 0.3) is 5.91 Å². The molecule has 1 aliphatic rings. The fourth-order valence-corrected chi connectivity index (χ4v) is 4.45. The van der Waals surface area contributed by atoms with Crippen molar-refractivity contribution < 1.29 is 29.3 Å². The Kier molecular flexibility index (Phi) is 10.2. The molecule has 1 fully saturated rings. The number of pyridine rings is 1. The van der Waals surface area contributed by atoms with Crippen LogP contribution in [0.25, 0.3) is 0 Å². The van der Waals surface area contributed by atoms with Gasteiger partial charge in [0.15, 0.2) is 6.10 Å². The molecular formula is C28H38N4O6. The van der Waals surface area contributed by atoms with Crippen molar-refractivity contribution >= 4 is 17.8 Å². The number of carbonyl (C=O) groups is 3. The van der Waals surface area contributed by atoms with Crippen LogP contribution < -0.4 is 16.0 Å². The number of ether oxygens (including phenoxy) is 1. The first kappa shape index (κ1) is 29.1. The molecule has 1 saturated heterocycles. The summed E-state index contributed by atoms with van der Waals surface area (Å²) in [5, 5.41) is 30.2. The van der Waals surface area contributed by atoms with Crippen molar-refractivity contribution in [3.63, 3.8) is 0 Å². The van der Waals surface area contributed by atoms with E-state index in [-0.39, 0.29) is 31.1 Å². The average molecular weight is 527 g/mol. The van der Waals surface area contributed by atoms with E-state index in [1.54, 1.807) is 49.6 Å². The number of aliphatic hydroxyl groups is 1. The highest BCUT2D eigenvalue weighted by Gasteiger charge is 2.38. The SMILES string of the molecule is CC(C)CC1OC(=O)C(C)C(O)C(Cc2cccnc2)NC(=O)C(NCc2ccccc2O)C(C)NC1=O. The third-order valence-electron chi connectivity index (χ3n) is 6.70. The molecule has 2 amide bonds. The number of amides is 2. The summed E-state index contributed by atoms with van der Waals surface area (Å²) in [7, 11) is 0. The molecule has 0 radical (unpaired) electrons. The van der Waals surface area contributed by atoms with Gasteiger partial charge in [-0.1, -0.05) is 38.1 Å². The Morgan fingerprint density at radius 3 is 2.45 bits per heavy atom. The highest BCUT2D eigenvalue weighted by atomic mass is 16.5. The Balaban J connectivity index is 1.94. The Morgan fingerprint density at radius 1 is 1.05 bits per heavy atom. The van der Waals surface area contributed by atoms with Crippen molar-refractivity contribution in [2.75, 3.05) is 0 Å². The molecule has 10 heteroatoms. The predicted molar refractivity (Wildman–Crippen MR) is 141 cm³/mol. The first-order valence-corrected chi connectivity index (χ1v) is 12.9. The van der Waals surface area contributed by atoms with Crippen molar-refractivity contribution in [3.05, 3.63) is 59.9 Å². The number of aromatic hydroxyl groups is 1. The van der Waals surface area contributed by atoms with Crippen LogP contribution in [0.3, 0.4) is 0 Å². The number of benzene rings is 1. The van der Waals surface area contributed by atoms with E-state index in [2.05, 4.69) is 20.9 Å². The minimum atomic E-state index is -1.29. The maximum absolute atomic E-state index is 13.6. The highest BCUT2D eigenvalue weighted by Crippen LogP contribution is 2.19. The fraction of sp³-hybridized carbons (Fsp3) is 0.500. The van der Waals surface area contributed by atoms with E-state index in [1.807, 2.05) is 19.9 Å². The molecule has 0 spiro atoms. The molecule has 1 aromatic heterocycles. The number of cyclic esters (lactones) is 1. The van der Waals surface area contributed by atoms with Crippen LogP contribution in [0.4, 0.5) is 0 Å². The third kappa shape index (κ3) is 7.75. The number of nitrogens with one attached hydrogen (secondary N) is 3. The number of phenolic OH excluding ortho intramolecular Hbond substituents is 1. The number of carbonyl (C=O) groups excluding carboxylic acids is 3. The number of aliphatic hydroxyl groups excluding tert-OH is 1. The van der Waals surface area contributed by atoms with Crippen molar-refractivity contribution in [1.82, 2.24) is 20.9 Å². The summed E-state index contributed by atoms with van der Waals surface area (Å²) < 4.78 is 5.59. The lowest BCUT2D eigenvalue weighted by molar-refractivity contribution is -0.165. The lowest BCUT2D eigenvalue weighted by atomic mass is 9.92. The van der Waals surface area contributed by atoms with Crippen LogP contribution in [0.1, 0.15) is 45.2 Å². The molecule has 6 unspecified atom stereocenters. The van der Waals surface area contributed by atoms with E-state index < -0.39 is 54.0 Å². The van der Waals surface area contributed by atoms with Crippen molar-refractivity contribution in [2.45, 2.75) is 77.4 Å². The van der Waals surface area contributed by atoms with Crippen molar-refractivity contribution in [2.24, 2.45) is 11.8 Å². The molecule has 1 aliphatic heterocycles. The van der Waals surface area contributed by atoms with Gasteiger partial charge >= 0.3 is 5.97 Å². The van der Waals surface area contributed by atoms with Crippen LogP contribution >= 0.6 is 0 Å². The normalized spacial score (nSPS) is 27.1. The summed E-state index contributed by atoms with van der Waals surface area (Å²) in [6.45, 7) is 7.17. The Labute approximate surface area is 223 Å². The van der Waals surface area contributed by atoms with E-state index in [1.165, 1.54) is 6.92 Å². The minimum Gasteiger partial charge on any atom is -0.508 e. The van der Waals surface area contributed by atoms with Gasteiger partial charge in [-0.3, -0.25) is 24.7 Å². The Morgan fingerprint density at radius 2 is 1.79 bits per heavy atom. The first-order chi connectivity index (χ1) is 18.1. The molecule has 206 valence electrons. The summed E-state index contributed by atoms with van der Waals surface area (Å²) >= 11 is 0. The zero-order chi connectivity index (χ0) is 27.8. The maximum Gasteiger partial charge on any atom is 0.312 e. The van der Waals surface area contributed by atoms with Gasteiger partial charge in [-0.05, 0) is 50.3 Å². The summed E-state index contributed by atoms with van der Waals surface area (Å²) in [6, 6.07) is 7.85. The molecule has 38 heavy (non-hydrogen) atoms. The molecule has 6 atom stereocenters. The Hall–Kier alpha value is -3.50. The summed E-state index contributed by atoms with van der Waals surface area (Å²) in [6.07, 6.45) is 1.40. The van der Waals surface area contributed by atoms with Crippen LogP contribution in [-0.2, 0) is 32.1 Å². The number of nitrogens with zero attached hydrogens (tertiary/aromatic N) is 1. The number of hydrogen-bond donors (Lipinski definition) is 5. The third-order valence-corrected chi connectivity index (χ3v) is 6.70. The van der Waals surface area contributed by atoms with Crippen LogP contribution in [0, 0.1) is 11.8 Å². The molecule has 5 N–H and O–H groups in total. The van der Waals surface area contributed by atoms with Gasteiger partial charge in [0, 0.05) is 24.5 Å². The van der Waals surface area contributed by atoms with E-state index >= 15 is 0 Å². The standard InChI is InChI=1S/C28H38N4O6/c1-16(2)12-23-26(35)31-18(4)24(30-15-20-9-5-6-10-22(20)33)27(36)32-21(13-19-8-7-11-29-14-19)25(34)17(3)28(37)38-23/h5-11,14,16-18,21,23-25,30,33-34H,12-13,15H2,1-4H3,(H,31,35)(H,32,36). The zero-order valence-electron chi connectivity index (χ0n) is 22.3. The number of esters is 1. The van der Waals surface area contributed by atoms with Crippen LogP contribution in [0.15, 0.2) is 48.8 Å². The highest BCUT2D eigenvalue weighted by molar-refractivity contribution is 5.87. The molecule has 0 saturated carbocycles. The molecule has 3 rings (SSSR count). The smallest absolute Gasteiger partial charge is 0.312 e. The summed E-state index contributed by atoms with van der Waals surface area (Å²) in [4.78, 5) is 43.8. The fourth-order valence-electron chi connectivity index (χ4n) is 4.45. The molecule has 0 bridgehead atoms. The van der Waals surface area contributed by atoms with Gasteiger partial charge in [0.05, 0.1) is 24.1 Å². The van der Waals surface area contributed by atoms with E-state index in [0.29, 0.717) is 5.56 Å². The second kappa shape index (κ2) is 13.3. The van der Waals surface area contributed by atoms with Crippen LogP contribution in [-0.4, -0.2) is 63.3 Å². The van der Waals surface area contributed by atoms with Gasteiger partial charge in [0.1, 0.15) is 11.8 Å². The first-order valence-electron chi connectivity index (χ1n) is 12.9. The number of para-hydroxylation sites is 1. The summed E-state index contributed by atoms with van der Waals surface area (Å²) in [5.74, 6) is -2.58. The molecule has 0 aliphatic carbocycles. The lowest BCUT2D eigenvalue weighted by Gasteiger charge is -2.34. The Bertz CT molecular complexity index is 1100. The number of aromatic nitrogens is 1. The zero-order valence-corrected chi connectivity index (χ0v) is 22.3. The van der Waals surface area contributed by atoms with Gasteiger partial charge in [-0.25, -0.2) is 0 Å². The molecule has 2 aromatic rings. The van der Waals surface area contributed by atoms with Crippen molar-refractivity contribution in [3.8, 4) is 5.75 Å². The second-order valence-corrected chi connectivity index (χ2v) is 10.3. The molecular weight excluding hydrogens is 488 g/mol. The topological polar surface area (TPSA) is 150 Å². The minimum absolute atomic E-state index is 0.0543. The van der Waals surface area contributed by atoms with E-state index in [9.17, 15) is 24.6 Å². The predicted octanol–water partition coefficient (Wildman–Crippen LogP) is 1.45. The van der Waals surface area contributed by atoms with Crippen LogP contribution in [0.5, 0.6) is 5.75 Å². The van der Waals surface area contributed by atoms with Gasteiger partial charge in [-0.15, -0.1) is 0 Å². The van der Waals surface area contributed by atoms with Crippen molar-refractivity contribution in [1.29, 1.82) is 0 Å². The molecule has 10 nitrogen and oxygen atoms in total. The quantitative estimate of drug-likeness (QED) is 0.340. The maximum atomic E-state index is 13.6. The second-order valence-electron chi connectivity index (χ2n) is 10.3. The number of phenols is 1. The van der Waals surface area contributed by atoms with Gasteiger partial charge < -0.3 is 25.6 Å². The lowest BCUT2D eigenvalue weighted by Crippen LogP contribution is -2.61. The van der Waals surface area contributed by atoms with Crippen LogP contribution in [0.2, 0.25) is 0 Å².